The number of benzene rings is 2. The van der Waals surface area contributed by atoms with Crippen LogP contribution in [0.4, 0.5) is 0 Å². The number of fused-ring (bicyclic) bond motifs is 3. The van der Waals surface area contributed by atoms with E-state index in [9.17, 15) is 9.59 Å². The van der Waals surface area contributed by atoms with Gasteiger partial charge in [0.05, 0.1) is 6.20 Å². The topological polar surface area (TPSA) is 72.2 Å². The van der Waals surface area contributed by atoms with Gasteiger partial charge in [-0.25, -0.2) is 4.68 Å². The molecule has 7 heteroatoms. The van der Waals surface area contributed by atoms with Crippen molar-refractivity contribution in [1.29, 1.82) is 0 Å². The number of rotatable bonds is 7. The fourth-order valence-corrected chi connectivity index (χ4v) is 5.00. The summed E-state index contributed by atoms with van der Waals surface area (Å²) in [7, 11) is 0. The quantitative estimate of drug-likeness (QED) is 0.477. The molecule has 4 aromatic rings. The maximum Gasteiger partial charge on any atom is 0.291 e. The van der Waals surface area contributed by atoms with Crippen LogP contribution in [0, 0.1) is 0 Å². The van der Waals surface area contributed by atoms with Gasteiger partial charge in [0.2, 0.25) is 5.91 Å². The number of aromatic nitrogens is 3. The summed E-state index contributed by atoms with van der Waals surface area (Å²) in [4.78, 5) is 28.5. The summed E-state index contributed by atoms with van der Waals surface area (Å²) in [5, 5.41) is 9.16. The molecule has 5 rings (SSSR count). The summed E-state index contributed by atoms with van der Waals surface area (Å²) in [6, 6.07) is 18.4. The molecule has 1 unspecified atom stereocenters. The normalized spacial score (nSPS) is 16.6. The Morgan fingerprint density at radius 1 is 1.09 bits per heavy atom. The summed E-state index contributed by atoms with van der Waals surface area (Å²) >= 11 is 0. The van der Waals surface area contributed by atoms with Crippen molar-refractivity contribution in [3.63, 3.8) is 0 Å². The fourth-order valence-electron chi connectivity index (χ4n) is 5.00. The van der Waals surface area contributed by atoms with Gasteiger partial charge < -0.3 is 9.88 Å². The van der Waals surface area contributed by atoms with E-state index >= 15 is 0 Å². The van der Waals surface area contributed by atoms with Crippen molar-refractivity contribution in [2.45, 2.75) is 38.9 Å². The van der Waals surface area contributed by atoms with Crippen molar-refractivity contribution in [3.8, 4) is 0 Å². The first-order chi connectivity index (χ1) is 16.2. The zero-order valence-electron chi connectivity index (χ0n) is 18.9. The number of carbonyl (C=O) groups excluding carboxylic acids is 1. The van der Waals surface area contributed by atoms with E-state index in [1.54, 1.807) is 6.20 Å². The molecule has 1 fully saturated rings. The van der Waals surface area contributed by atoms with Gasteiger partial charge in [0, 0.05) is 35.4 Å². The molecule has 33 heavy (non-hydrogen) atoms. The predicted molar refractivity (Wildman–Crippen MR) is 130 cm³/mol. The lowest BCUT2D eigenvalue weighted by molar-refractivity contribution is -0.122. The highest BCUT2D eigenvalue weighted by molar-refractivity contribution is 6.07. The zero-order chi connectivity index (χ0) is 22.8. The summed E-state index contributed by atoms with van der Waals surface area (Å²) < 4.78 is 3.32. The number of nitrogens with one attached hydrogen (secondary N) is 1. The van der Waals surface area contributed by atoms with Gasteiger partial charge in [-0.05, 0) is 37.6 Å². The SMILES string of the molecule is CCN1CCCC1CNC(=O)Cn1ncc2c3ccccc3n(Cc3ccccc3)c2c1=O. The molecule has 1 N–H and O–H groups in total. The Morgan fingerprint density at radius 2 is 1.88 bits per heavy atom. The van der Waals surface area contributed by atoms with E-state index in [2.05, 4.69) is 34.4 Å². The number of hydrogen-bond acceptors (Lipinski definition) is 4. The van der Waals surface area contributed by atoms with Crippen LogP contribution in [0.25, 0.3) is 21.8 Å². The van der Waals surface area contributed by atoms with Gasteiger partial charge in [-0.15, -0.1) is 0 Å². The molecule has 2 aromatic heterocycles. The second kappa shape index (κ2) is 9.19. The molecule has 1 saturated heterocycles. The van der Waals surface area contributed by atoms with E-state index < -0.39 is 0 Å². The molecular weight excluding hydrogens is 414 g/mol. The summed E-state index contributed by atoms with van der Waals surface area (Å²) in [6.45, 7) is 5.32. The van der Waals surface area contributed by atoms with Crippen molar-refractivity contribution < 1.29 is 4.79 Å². The average molecular weight is 444 g/mol. The maximum absolute atomic E-state index is 13.5. The van der Waals surface area contributed by atoms with Gasteiger partial charge in [-0.3, -0.25) is 14.5 Å². The Morgan fingerprint density at radius 3 is 2.70 bits per heavy atom. The van der Waals surface area contributed by atoms with Gasteiger partial charge in [0.1, 0.15) is 12.1 Å². The lowest BCUT2D eigenvalue weighted by Crippen LogP contribution is -2.42. The number of hydrogen-bond donors (Lipinski definition) is 1. The van der Waals surface area contributed by atoms with E-state index in [1.165, 1.54) is 4.68 Å². The van der Waals surface area contributed by atoms with Crippen LogP contribution in [-0.2, 0) is 17.9 Å². The first kappa shape index (κ1) is 21.4. The molecule has 0 radical (unpaired) electrons. The molecule has 0 saturated carbocycles. The standard InChI is InChI=1S/C26H29N5O2/c1-2-29-14-8-11-20(29)15-27-24(32)18-31-26(33)25-22(16-28-31)21-12-6-7-13-23(21)30(25)17-19-9-4-3-5-10-19/h3-7,9-10,12-13,16,20H,2,8,11,14-15,17-18H2,1H3,(H,27,32). The van der Waals surface area contributed by atoms with Gasteiger partial charge in [-0.2, -0.15) is 5.10 Å². The molecule has 7 nitrogen and oxygen atoms in total. The van der Waals surface area contributed by atoms with Crippen molar-refractivity contribution in [2.24, 2.45) is 0 Å². The smallest absolute Gasteiger partial charge is 0.291 e. The van der Waals surface area contributed by atoms with Gasteiger partial charge in [0.15, 0.2) is 0 Å². The van der Waals surface area contributed by atoms with E-state index in [1.807, 2.05) is 47.0 Å². The zero-order valence-corrected chi connectivity index (χ0v) is 18.9. The van der Waals surface area contributed by atoms with E-state index in [4.69, 9.17) is 0 Å². The lowest BCUT2D eigenvalue weighted by atomic mass is 10.2. The minimum Gasteiger partial charge on any atom is -0.353 e. The molecule has 0 aliphatic carbocycles. The monoisotopic (exact) mass is 443 g/mol. The Hall–Kier alpha value is -3.45. The minimum absolute atomic E-state index is 0.0829. The van der Waals surface area contributed by atoms with Crippen LogP contribution in [0.5, 0.6) is 0 Å². The molecule has 1 aliphatic rings. The third-order valence-electron chi connectivity index (χ3n) is 6.69. The van der Waals surface area contributed by atoms with Crippen LogP contribution in [0.1, 0.15) is 25.3 Å². The van der Waals surface area contributed by atoms with Crippen molar-refractivity contribution in [1.82, 2.24) is 24.6 Å². The van der Waals surface area contributed by atoms with Gasteiger partial charge in [-0.1, -0.05) is 55.5 Å². The lowest BCUT2D eigenvalue weighted by Gasteiger charge is -2.22. The van der Waals surface area contributed by atoms with E-state index in [0.29, 0.717) is 24.6 Å². The van der Waals surface area contributed by atoms with Gasteiger partial charge in [0.25, 0.3) is 5.56 Å². The number of likely N-dealkylation sites (tertiary alicyclic amines) is 1. The second-order valence-electron chi connectivity index (χ2n) is 8.69. The van der Waals surface area contributed by atoms with Crippen LogP contribution in [0.2, 0.25) is 0 Å². The number of amides is 1. The molecule has 1 amide bonds. The van der Waals surface area contributed by atoms with Crippen molar-refractivity contribution in [2.75, 3.05) is 19.6 Å². The molecule has 1 aliphatic heterocycles. The molecule has 3 heterocycles. The maximum atomic E-state index is 13.5. The van der Waals surface area contributed by atoms with Crippen LogP contribution in [0.15, 0.2) is 65.6 Å². The van der Waals surface area contributed by atoms with E-state index in [0.717, 1.165) is 47.8 Å². The highest BCUT2D eigenvalue weighted by atomic mass is 16.2. The molecule has 0 bridgehead atoms. The van der Waals surface area contributed by atoms with E-state index in [-0.39, 0.29) is 18.0 Å². The molecule has 0 spiro atoms. The van der Waals surface area contributed by atoms with Crippen LogP contribution < -0.4 is 10.9 Å². The highest BCUT2D eigenvalue weighted by Crippen LogP contribution is 2.27. The van der Waals surface area contributed by atoms with Crippen molar-refractivity contribution in [3.05, 3.63) is 76.7 Å². The third kappa shape index (κ3) is 4.16. The first-order valence-electron chi connectivity index (χ1n) is 11.7. The molecular formula is C26H29N5O2. The van der Waals surface area contributed by atoms with Crippen LogP contribution >= 0.6 is 0 Å². The minimum atomic E-state index is -0.245. The second-order valence-corrected chi connectivity index (χ2v) is 8.69. The highest BCUT2D eigenvalue weighted by Gasteiger charge is 2.23. The third-order valence-corrected chi connectivity index (χ3v) is 6.69. The molecule has 1 atom stereocenters. The van der Waals surface area contributed by atoms with Crippen LogP contribution in [-0.4, -0.2) is 50.8 Å². The average Bonchev–Trinajstić information content (AvgIpc) is 3.43. The summed E-state index contributed by atoms with van der Waals surface area (Å²) in [6.07, 6.45) is 3.97. The number of carbonyl (C=O) groups is 1. The number of likely N-dealkylation sites (N-methyl/N-ethyl adjacent to an activating group) is 1. The predicted octanol–water partition coefficient (Wildman–Crippen LogP) is 3.00. The van der Waals surface area contributed by atoms with Crippen molar-refractivity contribution >= 4 is 27.7 Å². The van der Waals surface area contributed by atoms with Gasteiger partial charge >= 0.3 is 0 Å². The van der Waals surface area contributed by atoms with Crippen LogP contribution in [0.3, 0.4) is 0 Å². The Balaban J connectivity index is 1.45. The molecule has 2 aromatic carbocycles. The number of para-hydroxylation sites is 1. The largest absolute Gasteiger partial charge is 0.353 e. The Kier molecular flexibility index (Phi) is 5.96. The Labute approximate surface area is 192 Å². The summed E-state index contributed by atoms with van der Waals surface area (Å²) in [5.74, 6) is -0.183. The Bertz CT molecular complexity index is 1340. The summed E-state index contributed by atoms with van der Waals surface area (Å²) in [5.41, 5.74) is 2.43. The fraction of sp³-hybridized carbons (Fsp3) is 0.346. The molecule has 170 valence electrons. The number of nitrogens with zero attached hydrogens (tertiary/aromatic N) is 4. The first-order valence-corrected chi connectivity index (χ1v) is 11.7.